The highest BCUT2D eigenvalue weighted by Crippen LogP contribution is 2.32. The molecular weight excluding hydrogens is 226 g/mol. The summed E-state index contributed by atoms with van der Waals surface area (Å²) in [5, 5.41) is 3.41. The van der Waals surface area contributed by atoms with Gasteiger partial charge in [-0.05, 0) is 31.0 Å². The highest BCUT2D eigenvalue weighted by molar-refractivity contribution is 5.31. The Morgan fingerprint density at radius 3 is 2.78 bits per heavy atom. The van der Waals surface area contributed by atoms with Gasteiger partial charge in [-0.2, -0.15) is 0 Å². The molecule has 0 radical (unpaired) electrons. The lowest BCUT2D eigenvalue weighted by Gasteiger charge is -2.30. The Balaban J connectivity index is 1.81. The van der Waals surface area contributed by atoms with Crippen molar-refractivity contribution < 1.29 is 9.47 Å². The summed E-state index contributed by atoms with van der Waals surface area (Å²) in [6.45, 7) is 5.53. The predicted molar refractivity (Wildman–Crippen MR) is 70.2 cm³/mol. The van der Waals surface area contributed by atoms with Crippen LogP contribution in [0.3, 0.4) is 0 Å². The highest BCUT2D eigenvalue weighted by Gasteiger charge is 2.35. The molecule has 98 valence electrons. The van der Waals surface area contributed by atoms with Gasteiger partial charge in [0.15, 0.2) is 5.79 Å². The molecule has 3 nitrogen and oxygen atoms in total. The van der Waals surface area contributed by atoms with Crippen LogP contribution < -0.4 is 5.32 Å². The monoisotopic (exact) mass is 247 g/mol. The van der Waals surface area contributed by atoms with Gasteiger partial charge in [-0.25, -0.2) is 0 Å². The van der Waals surface area contributed by atoms with Crippen LogP contribution in [-0.2, 0) is 22.7 Å². The fourth-order valence-corrected chi connectivity index (χ4v) is 2.79. The summed E-state index contributed by atoms with van der Waals surface area (Å²) in [6.07, 6.45) is 3.06. The van der Waals surface area contributed by atoms with E-state index in [0.717, 1.165) is 32.4 Å². The number of benzene rings is 1. The van der Waals surface area contributed by atoms with Crippen LogP contribution in [-0.4, -0.2) is 18.9 Å². The maximum absolute atomic E-state index is 6.13. The van der Waals surface area contributed by atoms with E-state index in [-0.39, 0.29) is 5.79 Å². The zero-order chi connectivity index (χ0) is 12.4. The minimum absolute atomic E-state index is 0.365. The number of nitrogens with one attached hydrogen (secondary N) is 1. The van der Waals surface area contributed by atoms with Gasteiger partial charge in [0, 0.05) is 19.4 Å². The van der Waals surface area contributed by atoms with Crippen LogP contribution in [0.25, 0.3) is 0 Å². The second-order valence-electron chi connectivity index (χ2n) is 5.36. The van der Waals surface area contributed by atoms with Crippen molar-refractivity contribution in [3.63, 3.8) is 0 Å². The van der Waals surface area contributed by atoms with E-state index in [2.05, 4.69) is 30.4 Å². The Morgan fingerprint density at radius 1 is 1.06 bits per heavy atom. The van der Waals surface area contributed by atoms with E-state index < -0.39 is 0 Å². The fraction of sp³-hybridized carbons (Fsp3) is 0.600. The summed E-state index contributed by atoms with van der Waals surface area (Å²) in [5.41, 5.74) is 3.84. The summed E-state index contributed by atoms with van der Waals surface area (Å²) in [6, 6.07) is 6.53. The number of hydrogen-bond acceptors (Lipinski definition) is 3. The Labute approximate surface area is 108 Å². The van der Waals surface area contributed by atoms with Crippen molar-refractivity contribution in [1.29, 1.82) is 0 Å². The van der Waals surface area contributed by atoms with E-state index in [9.17, 15) is 0 Å². The lowest BCUT2D eigenvalue weighted by molar-refractivity contribution is -0.248. The van der Waals surface area contributed by atoms with Crippen molar-refractivity contribution >= 4 is 0 Å². The zero-order valence-electron chi connectivity index (χ0n) is 11.0. The molecule has 0 amide bonds. The molecule has 0 saturated carbocycles. The summed E-state index contributed by atoms with van der Waals surface area (Å²) in [4.78, 5) is 0. The number of rotatable bonds is 0. The molecule has 2 aliphatic rings. The second-order valence-corrected chi connectivity index (χ2v) is 5.36. The first kappa shape index (κ1) is 12.2. The first-order valence-corrected chi connectivity index (χ1v) is 6.84. The van der Waals surface area contributed by atoms with E-state index >= 15 is 0 Å². The third-order valence-electron chi connectivity index (χ3n) is 3.94. The Hall–Kier alpha value is -0.900. The molecule has 1 spiro atoms. The summed E-state index contributed by atoms with van der Waals surface area (Å²) in [7, 11) is 0. The third-order valence-corrected chi connectivity index (χ3v) is 3.94. The zero-order valence-corrected chi connectivity index (χ0v) is 11.0. The van der Waals surface area contributed by atoms with Crippen molar-refractivity contribution in [2.75, 3.05) is 13.1 Å². The summed E-state index contributed by atoms with van der Waals surface area (Å²) < 4.78 is 12.2. The van der Waals surface area contributed by atoms with Crippen LogP contribution in [0.5, 0.6) is 0 Å². The molecule has 1 fully saturated rings. The standard InChI is InChI=1S/C15H21NO2/c1-12-3-4-13-10-17-15(18-11-14(13)9-12)5-2-7-16-8-6-15/h3-4,9,16H,2,5-8,10-11H2,1H3. The second kappa shape index (κ2) is 5.00. The highest BCUT2D eigenvalue weighted by atomic mass is 16.7. The van der Waals surface area contributed by atoms with Gasteiger partial charge in [-0.1, -0.05) is 23.8 Å². The van der Waals surface area contributed by atoms with Crippen LogP contribution in [0.2, 0.25) is 0 Å². The van der Waals surface area contributed by atoms with Crippen LogP contribution in [0.1, 0.15) is 36.0 Å². The average Bonchev–Trinajstić information content (AvgIpc) is 2.70. The number of fused-ring (bicyclic) bond motifs is 1. The van der Waals surface area contributed by atoms with E-state index in [1.54, 1.807) is 0 Å². The van der Waals surface area contributed by atoms with Crippen molar-refractivity contribution in [2.45, 2.75) is 45.2 Å². The summed E-state index contributed by atoms with van der Waals surface area (Å²) >= 11 is 0. The molecule has 3 rings (SSSR count). The molecule has 3 heteroatoms. The van der Waals surface area contributed by atoms with Gasteiger partial charge in [0.25, 0.3) is 0 Å². The largest absolute Gasteiger partial charge is 0.345 e. The first-order chi connectivity index (χ1) is 8.77. The Bertz CT molecular complexity index is 423. The molecule has 0 aliphatic carbocycles. The van der Waals surface area contributed by atoms with Crippen LogP contribution in [0, 0.1) is 6.92 Å². The molecule has 2 aliphatic heterocycles. The molecule has 1 atom stereocenters. The number of ether oxygens (including phenoxy) is 2. The lowest BCUT2D eigenvalue weighted by Crippen LogP contribution is -2.35. The van der Waals surface area contributed by atoms with Crippen LogP contribution in [0.15, 0.2) is 18.2 Å². The number of aryl methyl sites for hydroxylation is 1. The average molecular weight is 247 g/mol. The number of hydrogen-bond donors (Lipinski definition) is 1. The van der Waals surface area contributed by atoms with Crippen molar-refractivity contribution in [1.82, 2.24) is 5.32 Å². The summed E-state index contributed by atoms with van der Waals surface area (Å²) in [5.74, 6) is -0.365. The van der Waals surface area contributed by atoms with Crippen molar-refractivity contribution in [2.24, 2.45) is 0 Å². The van der Waals surface area contributed by atoms with Crippen molar-refractivity contribution in [3.8, 4) is 0 Å². The normalized spacial score (nSPS) is 28.5. The molecule has 1 unspecified atom stereocenters. The molecule has 0 aromatic heterocycles. The maximum atomic E-state index is 6.13. The smallest absolute Gasteiger partial charge is 0.170 e. The topological polar surface area (TPSA) is 30.5 Å². The molecular formula is C15H21NO2. The van der Waals surface area contributed by atoms with E-state index in [1.807, 2.05) is 0 Å². The predicted octanol–water partition coefficient (Wildman–Crippen LogP) is 2.51. The SMILES string of the molecule is Cc1ccc2c(c1)COC1(CCCNCC1)OC2. The van der Waals surface area contributed by atoms with Gasteiger partial charge < -0.3 is 14.8 Å². The Morgan fingerprint density at radius 2 is 1.89 bits per heavy atom. The molecule has 1 aromatic rings. The van der Waals surface area contributed by atoms with E-state index in [1.165, 1.54) is 16.7 Å². The fourth-order valence-electron chi connectivity index (χ4n) is 2.79. The maximum Gasteiger partial charge on any atom is 0.170 e. The minimum atomic E-state index is -0.365. The van der Waals surface area contributed by atoms with Gasteiger partial charge in [0.1, 0.15) is 0 Å². The molecule has 1 N–H and O–H groups in total. The third kappa shape index (κ3) is 2.44. The Kier molecular flexibility index (Phi) is 3.37. The first-order valence-electron chi connectivity index (χ1n) is 6.84. The van der Waals surface area contributed by atoms with Crippen LogP contribution in [0.4, 0.5) is 0 Å². The molecule has 0 bridgehead atoms. The quantitative estimate of drug-likeness (QED) is 0.764. The van der Waals surface area contributed by atoms with Gasteiger partial charge in [-0.15, -0.1) is 0 Å². The molecule has 2 heterocycles. The minimum Gasteiger partial charge on any atom is -0.345 e. The van der Waals surface area contributed by atoms with Gasteiger partial charge in [-0.3, -0.25) is 0 Å². The van der Waals surface area contributed by atoms with Crippen molar-refractivity contribution in [3.05, 3.63) is 34.9 Å². The van der Waals surface area contributed by atoms with Gasteiger partial charge in [0.2, 0.25) is 0 Å². The van der Waals surface area contributed by atoms with E-state index in [0.29, 0.717) is 13.2 Å². The van der Waals surface area contributed by atoms with Gasteiger partial charge >= 0.3 is 0 Å². The van der Waals surface area contributed by atoms with Gasteiger partial charge in [0.05, 0.1) is 13.2 Å². The van der Waals surface area contributed by atoms with E-state index in [4.69, 9.17) is 9.47 Å². The lowest BCUT2D eigenvalue weighted by atomic mass is 10.1. The molecule has 1 saturated heterocycles. The molecule has 18 heavy (non-hydrogen) atoms. The van der Waals surface area contributed by atoms with Crippen LogP contribution >= 0.6 is 0 Å². The molecule has 1 aromatic carbocycles.